The summed E-state index contributed by atoms with van der Waals surface area (Å²) < 4.78 is 68.2. The van der Waals surface area contributed by atoms with Crippen LogP contribution < -0.4 is 0 Å². The van der Waals surface area contributed by atoms with Gasteiger partial charge in [0.15, 0.2) is 12.2 Å². The van der Waals surface area contributed by atoms with Gasteiger partial charge in [-0.05, 0) is 89.9 Å². The Kier molecular flexibility index (Phi) is 65.1. The van der Waals surface area contributed by atoms with Gasteiger partial charge in [-0.3, -0.25) is 37.3 Å². The number of carbonyl (C=O) groups excluding carboxylic acids is 4. The van der Waals surface area contributed by atoms with Crippen molar-refractivity contribution in [3.05, 3.63) is 85.1 Å². The quantitative estimate of drug-likeness (QED) is 0.0169. The molecule has 0 aliphatic carbocycles. The Bertz CT molecular complexity index is 2120. The number of rotatable bonds is 69. The second kappa shape index (κ2) is 67.8. The molecule has 3 N–H and O–H groups in total. The Balaban J connectivity index is 5.34. The zero-order valence-electron chi connectivity index (χ0n) is 59.1. The van der Waals surface area contributed by atoms with Gasteiger partial charge in [0, 0.05) is 25.7 Å². The average molecular weight is 1370 g/mol. The number of carbonyl (C=O) groups is 4. The third-order valence-electron chi connectivity index (χ3n) is 15.4. The van der Waals surface area contributed by atoms with Gasteiger partial charge in [0.2, 0.25) is 0 Å². The van der Waals surface area contributed by atoms with Crippen molar-refractivity contribution in [1.29, 1.82) is 0 Å². The molecule has 0 aromatic heterocycles. The third kappa shape index (κ3) is 66.8. The van der Waals surface area contributed by atoms with Crippen LogP contribution >= 0.6 is 15.6 Å². The van der Waals surface area contributed by atoms with E-state index in [0.717, 1.165) is 122 Å². The van der Waals surface area contributed by atoms with Gasteiger partial charge in [-0.25, -0.2) is 9.13 Å². The summed E-state index contributed by atoms with van der Waals surface area (Å²) in [5.41, 5.74) is 0. The lowest BCUT2D eigenvalue weighted by Gasteiger charge is -2.21. The Morgan fingerprint density at radius 3 is 0.926 bits per heavy atom. The van der Waals surface area contributed by atoms with Crippen molar-refractivity contribution >= 4 is 39.5 Å². The predicted octanol–water partition coefficient (Wildman–Crippen LogP) is 20.7. The predicted molar refractivity (Wildman–Crippen MR) is 381 cm³/mol. The fraction of sp³-hybridized carbons (Fsp3) is 0.760. The summed E-state index contributed by atoms with van der Waals surface area (Å²) in [6, 6.07) is 0. The van der Waals surface area contributed by atoms with Crippen molar-refractivity contribution < 1.29 is 80.2 Å². The largest absolute Gasteiger partial charge is 0.472 e. The van der Waals surface area contributed by atoms with Crippen molar-refractivity contribution in [2.75, 3.05) is 39.6 Å². The first-order chi connectivity index (χ1) is 45.7. The normalized spacial score (nSPS) is 14.5. The van der Waals surface area contributed by atoms with E-state index in [4.69, 9.17) is 37.0 Å². The Hall–Kier alpha value is -3.76. The molecule has 94 heavy (non-hydrogen) atoms. The lowest BCUT2D eigenvalue weighted by atomic mass is 10.1. The summed E-state index contributed by atoms with van der Waals surface area (Å²) in [6.07, 6.45) is 67.5. The molecule has 0 aliphatic heterocycles. The van der Waals surface area contributed by atoms with Gasteiger partial charge < -0.3 is 33.8 Å². The Morgan fingerprint density at radius 1 is 0.309 bits per heavy atom. The van der Waals surface area contributed by atoms with E-state index in [2.05, 4.69) is 94.5 Å². The SMILES string of the molecule is CC/C=C\C/C=C\C/C=C\C/C=C\C/C=C\C/C=C\CCC(=O)OCC(COP(=O)(O)OCC(O)COP(=O)(O)OCC(COC(=O)CCCCCCC/C=C\CCCCCC)OC(=O)CCCCCCCCCCCCC)OC(=O)CCCCCCCCCCCCC. The summed E-state index contributed by atoms with van der Waals surface area (Å²) in [6.45, 7) is 4.65. The molecule has 0 saturated heterocycles. The first-order valence-corrected chi connectivity index (χ1v) is 39.8. The van der Waals surface area contributed by atoms with Crippen LogP contribution in [-0.4, -0.2) is 96.7 Å². The van der Waals surface area contributed by atoms with Crippen LogP contribution in [0.25, 0.3) is 0 Å². The number of hydrogen-bond donors (Lipinski definition) is 3. The van der Waals surface area contributed by atoms with Crippen LogP contribution in [0.2, 0.25) is 0 Å². The minimum Gasteiger partial charge on any atom is -0.462 e. The van der Waals surface area contributed by atoms with Crippen LogP contribution in [-0.2, 0) is 65.4 Å². The van der Waals surface area contributed by atoms with Crippen LogP contribution in [0.15, 0.2) is 85.1 Å². The first kappa shape index (κ1) is 90.2. The Morgan fingerprint density at radius 2 is 0.574 bits per heavy atom. The molecule has 0 aliphatic rings. The lowest BCUT2D eigenvalue weighted by molar-refractivity contribution is -0.161. The van der Waals surface area contributed by atoms with Crippen molar-refractivity contribution in [1.82, 2.24) is 0 Å². The number of ether oxygens (including phenoxy) is 4. The number of aliphatic hydroxyl groups is 1. The van der Waals surface area contributed by atoms with Gasteiger partial charge in [-0.1, -0.05) is 280 Å². The Labute approximate surface area is 570 Å². The van der Waals surface area contributed by atoms with E-state index in [0.29, 0.717) is 32.1 Å². The number of hydrogen-bond acceptors (Lipinski definition) is 15. The van der Waals surface area contributed by atoms with Crippen molar-refractivity contribution in [3.8, 4) is 0 Å². The maximum atomic E-state index is 13.0. The van der Waals surface area contributed by atoms with Crippen molar-refractivity contribution in [3.63, 3.8) is 0 Å². The van der Waals surface area contributed by atoms with Crippen LogP contribution in [0.1, 0.15) is 310 Å². The number of aliphatic hydroxyl groups excluding tert-OH is 1. The molecule has 544 valence electrons. The highest BCUT2D eigenvalue weighted by Crippen LogP contribution is 2.45. The summed E-state index contributed by atoms with van der Waals surface area (Å²) in [7, 11) is -9.95. The third-order valence-corrected chi connectivity index (χ3v) is 17.3. The van der Waals surface area contributed by atoms with Gasteiger partial charge in [0.1, 0.15) is 19.3 Å². The zero-order chi connectivity index (χ0) is 69.0. The molecule has 0 saturated carbocycles. The molecule has 0 radical (unpaired) electrons. The second-order valence-corrected chi connectivity index (χ2v) is 27.4. The van der Waals surface area contributed by atoms with Gasteiger partial charge in [-0.2, -0.15) is 0 Å². The number of phosphoric acid groups is 2. The highest BCUT2D eigenvalue weighted by molar-refractivity contribution is 7.47. The highest BCUT2D eigenvalue weighted by atomic mass is 31.2. The molecule has 0 fully saturated rings. The molecular formula is C75H132O17P2. The highest BCUT2D eigenvalue weighted by Gasteiger charge is 2.30. The molecule has 0 bridgehead atoms. The fourth-order valence-corrected chi connectivity index (χ4v) is 11.3. The molecule has 5 unspecified atom stereocenters. The van der Waals surface area contributed by atoms with Crippen LogP contribution in [0.4, 0.5) is 0 Å². The second-order valence-electron chi connectivity index (χ2n) is 24.5. The molecule has 0 aromatic rings. The summed E-state index contributed by atoms with van der Waals surface area (Å²) in [4.78, 5) is 72.6. The van der Waals surface area contributed by atoms with E-state index in [1.807, 2.05) is 18.2 Å². The molecule has 17 nitrogen and oxygen atoms in total. The number of allylic oxidation sites excluding steroid dienone is 14. The summed E-state index contributed by atoms with van der Waals surface area (Å²) in [5.74, 6) is -2.26. The molecule has 5 atom stereocenters. The first-order valence-electron chi connectivity index (χ1n) is 36.8. The van der Waals surface area contributed by atoms with Gasteiger partial charge in [0.05, 0.1) is 26.4 Å². The van der Waals surface area contributed by atoms with E-state index in [9.17, 15) is 43.2 Å². The van der Waals surface area contributed by atoms with Crippen molar-refractivity contribution in [2.45, 2.75) is 329 Å². The number of unbranched alkanes of at least 4 members (excludes halogenated alkanes) is 29. The molecule has 0 aromatic carbocycles. The van der Waals surface area contributed by atoms with Crippen molar-refractivity contribution in [2.24, 2.45) is 0 Å². The number of esters is 4. The molecular weight excluding hydrogens is 1230 g/mol. The average Bonchev–Trinajstić information content (AvgIpc) is 1.24. The molecule has 0 heterocycles. The minimum atomic E-state index is -4.98. The summed E-state index contributed by atoms with van der Waals surface area (Å²) >= 11 is 0. The maximum absolute atomic E-state index is 13.0. The van der Waals surface area contributed by atoms with E-state index in [1.54, 1.807) is 0 Å². The monoisotopic (exact) mass is 1370 g/mol. The fourth-order valence-electron chi connectivity index (χ4n) is 9.77. The molecule has 0 spiro atoms. The standard InChI is InChI=1S/C75H132O17P2/c1-5-9-13-17-21-25-29-31-32-33-34-35-36-38-42-44-48-52-56-60-73(78)86-66-71(92-75(80)62-58-54-50-46-40-28-24-20-16-12-8-4)68-90-94(83,84)88-64-69(76)63-87-93(81,82)89-67-70(91-74(79)61-57-53-49-45-39-27-23-19-15-11-7-3)65-85-72(77)59-55-51-47-43-41-37-30-26-22-18-14-10-6-2/h9,13,21,25-26,30-32,34-35,38,42,48,52,69-71,76H,5-8,10-12,14-20,22-24,27-29,33,36-37,39-41,43-47,49-51,53-68H2,1-4H3,(H,81,82)(H,83,84)/b13-9-,25-21-,30-26-,32-31-,35-34-,42-38-,52-48-. The van der Waals surface area contributed by atoms with Gasteiger partial charge >= 0.3 is 39.5 Å². The lowest BCUT2D eigenvalue weighted by Crippen LogP contribution is -2.30. The minimum absolute atomic E-state index is 0.0388. The maximum Gasteiger partial charge on any atom is 0.472 e. The molecule has 0 rings (SSSR count). The smallest absolute Gasteiger partial charge is 0.462 e. The van der Waals surface area contributed by atoms with Gasteiger partial charge in [0.25, 0.3) is 0 Å². The van der Waals surface area contributed by atoms with Gasteiger partial charge in [-0.15, -0.1) is 0 Å². The molecule has 19 heteroatoms. The number of phosphoric ester groups is 2. The van der Waals surface area contributed by atoms with E-state index < -0.39 is 97.5 Å². The van der Waals surface area contributed by atoms with E-state index in [1.165, 1.54) is 103 Å². The van der Waals surface area contributed by atoms with Crippen LogP contribution in [0.5, 0.6) is 0 Å². The van der Waals surface area contributed by atoms with E-state index >= 15 is 0 Å². The topological polar surface area (TPSA) is 237 Å². The van der Waals surface area contributed by atoms with E-state index in [-0.39, 0.29) is 25.7 Å². The summed E-state index contributed by atoms with van der Waals surface area (Å²) in [5, 5.41) is 10.6. The molecule has 0 amide bonds. The van der Waals surface area contributed by atoms with Crippen LogP contribution in [0.3, 0.4) is 0 Å². The van der Waals surface area contributed by atoms with Crippen LogP contribution in [0, 0.1) is 0 Å². The zero-order valence-corrected chi connectivity index (χ0v) is 60.9.